The van der Waals surface area contributed by atoms with Gasteiger partial charge in [0, 0.05) is 12.1 Å². The molecule has 0 aliphatic carbocycles. The molecule has 0 fully saturated rings. The lowest BCUT2D eigenvalue weighted by molar-refractivity contribution is -0.119. The molecule has 0 spiro atoms. The normalized spacial score (nSPS) is 15.3. The van der Waals surface area contributed by atoms with E-state index < -0.39 is 16.5 Å². The molecule has 0 bridgehead atoms. The zero-order valence-electron chi connectivity index (χ0n) is 18.9. The molecule has 2 atom stereocenters. The molecule has 0 aromatic carbocycles. The number of hydrogen-bond donors (Lipinski definition) is 1. The molecule has 0 aromatic rings. The van der Waals surface area contributed by atoms with Crippen LogP contribution in [0.15, 0.2) is 0 Å². The van der Waals surface area contributed by atoms with Crippen LogP contribution in [0.1, 0.15) is 65.2 Å². The Bertz CT molecular complexity index is 398. The molecular formula is C20H46N2O2Si2. The number of nitrogens with zero attached hydrogens (tertiary/aromatic N) is 1. The Labute approximate surface area is 165 Å². The van der Waals surface area contributed by atoms with Gasteiger partial charge in [0.25, 0.3) is 0 Å². The van der Waals surface area contributed by atoms with Gasteiger partial charge in [0.05, 0.1) is 6.10 Å². The second-order valence-corrected chi connectivity index (χ2v) is 19.3. The average molecular weight is 403 g/mol. The van der Waals surface area contributed by atoms with Crippen molar-refractivity contribution in [2.24, 2.45) is 5.73 Å². The highest BCUT2D eigenvalue weighted by molar-refractivity contribution is 6.92. The van der Waals surface area contributed by atoms with Crippen molar-refractivity contribution >= 4 is 22.4 Å². The number of rotatable bonds is 15. The van der Waals surface area contributed by atoms with Gasteiger partial charge in [0.1, 0.15) is 16.5 Å². The maximum Gasteiger partial charge on any atom is 0.219 e. The second kappa shape index (κ2) is 12.3. The van der Waals surface area contributed by atoms with E-state index in [-0.39, 0.29) is 17.6 Å². The van der Waals surface area contributed by atoms with E-state index in [2.05, 4.69) is 50.9 Å². The molecule has 6 heteroatoms. The smallest absolute Gasteiger partial charge is 0.219 e. The SMILES string of the molecule is CCCCCCCCC(CC(C(N)=O)[Si](C)(C)N(C)[Si](C)(C)C)OCC. The van der Waals surface area contributed by atoms with Crippen molar-refractivity contribution < 1.29 is 9.53 Å². The van der Waals surface area contributed by atoms with Gasteiger partial charge in [0.2, 0.25) is 5.91 Å². The largest absolute Gasteiger partial charge is 0.378 e. The summed E-state index contributed by atoms with van der Waals surface area (Å²) < 4.78 is 8.56. The summed E-state index contributed by atoms with van der Waals surface area (Å²) in [6, 6.07) is 0. The maximum atomic E-state index is 12.4. The number of primary amides is 1. The fraction of sp³-hybridized carbons (Fsp3) is 0.950. The van der Waals surface area contributed by atoms with Crippen LogP contribution < -0.4 is 5.73 Å². The zero-order valence-corrected chi connectivity index (χ0v) is 20.9. The summed E-state index contributed by atoms with van der Waals surface area (Å²) in [5, 5.41) is 0. The fourth-order valence-electron chi connectivity index (χ4n) is 3.77. The van der Waals surface area contributed by atoms with Gasteiger partial charge in [-0.15, -0.1) is 0 Å². The highest BCUT2D eigenvalue weighted by Crippen LogP contribution is 2.33. The maximum absolute atomic E-state index is 12.4. The van der Waals surface area contributed by atoms with E-state index in [4.69, 9.17) is 10.5 Å². The third-order valence-corrected chi connectivity index (χ3v) is 15.6. The quantitative estimate of drug-likeness (QED) is 0.296. The minimum absolute atomic E-state index is 0.0594. The van der Waals surface area contributed by atoms with Crippen molar-refractivity contribution in [2.45, 2.75) is 110 Å². The molecule has 0 saturated heterocycles. The van der Waals surface area contributed by atoms with Gasteiger partial charge < -0.3 is 14.7 Å². The lowest BCUT2D eigenvalue weighted by Gasteiger charge is -2.46. The summed E-state index contributed by atoms with van der Waals surface area (Å²) in [5.74, 6) is -0.139. The van der Waals surface area contributed by atoms with Crippen LogP contribution in [0, 0.1) is 0 Å². The number of carbonyl (C=O) groups is 1. The molecule has 0 aromatic heterocycles. The van der Waals surface area contributed by atoms with Gasteiger partial charge in [-0.2, -0.15) is 0 Å². The third kappa shape index (κ3) is 9.15. The Morgan fingerprint density at radius 2 is 1.54 bits per heavy atom. The number of ether oxygens (including phenoxy) is 1. The zero-order chi connectivity index (χ0) is 20.4. The number of unbranched alkanes of at least 4 members (excludes halogenated alkanes) is 5. The van der Waals surface area contributed by atoms with Gasteiger partial charge in [-0.3, -0.25) is 4.79 Å². The van der Waals surface area contributed by atoms with Gasteiger partial charge in [-0.1, -0.05) is 78.2 Å². The summed E-state index contributed by atoms with van der Waals surface area (Å²) in [4.78, 5) is 12.4. The molecule has 0 rings (SSSR count). The van der Waals surface area contributed by atoms with E-state index in [0.29, 0.717) is 6.61 Å². The Morgan fingerprint density at radius 3 is 2.00 bits per heavy atom. The fourth-order valence-corrected chi connectivity index (χ4v) is 13.2. The van der Waals surface area contributed by atoms with E-state index in [9.17, 15) is 4.79 Å². The standard InChI is InChI=1S/C20H46N2O2Si2/c1-9-11-12-13-14-15-16-18(24-10-2)17-19(20(21)23)26(7,8)22(3)25(4,5)6/h18-19H,9-17H2,1-8H3,(H2,21,23). The van der Waals surface area contributed by atoms with Gasteiger partial charge in [-0.05, 0) is 26.8 Å². The van der Waals surface area contributed by atoms with Crippen molar-refractivity contribution in [3.05, 3.63) is 0 Å². The third-order valence-electron chi connectivity index (χ3n) is 5.85. The summed E-state index contributed by atoms with van der Waals surface area (Å²) in [6.07, 6.45) is 9.70. The van der Waals surface area contributed by atoms with Crippen LogP contribution in [0.2, 0.25) is 38.3 Å². The second-order valence-electron chi connectivity index (χ2n) is 9.21. The van der Waals surface area contributed by atoms with Crippen molar-refractivity contribution in [1.29, 1.82) is 0 Å². The summed E-state index contributed by atoms with van der Waals surface area (Å²) in [7, 11) is -1.22. The van der Waals surface area contributed by atoms with E-state index in [1.807, 2.05) is 6.92 Å². The molecule has 156 valence electrons. The Morgan fingerprint density at radius 1 is 1.00 bits per heavy atom. The molecule has 0 aliphatic rings. The van der Waals surface area contributed by atoms with E-state index in [1.54, 1.807) is 0 Å². The highest BCUT2D eigenvalue weighted by atomic mass is 28.4. The van der Waals surface area contributed by atoms with Gasteiger partial charge >= 0.3 is 0 Å². The lowest BCUT2D eigenvalue weighted by Crippen LogP contribution is -2.62. The summed E-state index contributed by atoms with van der Waals surface area (Å²) in [6.45, 7) is 16.6. The molecule has 2 N–H and O–H groups in total. The van der Waals surface area contributed by atoms with Crippen LogP contribution in [0.4, 0.5) is 0 Å². The van der Waals surface area contributed by atoms with Crippen LogP contribution >= 0.6 is 0 Å². The van der Waals surface area contributed by atoms with Crippen molar-refractivity contribution in [1.82, 2.24) is 4.23 Å². The number of carbonyl (C=O) groups excluding carboxylic acids is 1. The molecule has 0 heterocycles. The number of hydrogen-bond acceptors (Lipinski definition) is 3. The number of nitrogens with two attached hydrogens (primary N) is 1. The minimum Gasteiger partial charge on any atom is -0.378 e. The van der Waals surface area contributed by atoms with Crippen LogP contribution in [0.5, 0.6) is 0 Å². The molecule has 4 nitrogen and oxygen atoms in total. The molecule has 1 amide bonds. The van der Waals surface area contributed by atoms with Crippen LogP contribution in [-0.4, -0.2) is 46.4 Å². The van der Waals surface area contributed by atoms with Crippen LogP contribution in [0.3, 0.4) is 0 Å². The van der Waals surface area contributed by atoms with Crippen LogP contribution in [0.25, 0.3) is 0 Å². The molecule has 0 radical (unpaired) electrons. The first-order chi connectivity index (χ1) is 12.0. The minimum atomic E-state index is -1.95. The first kappa shape index (κ1) is 25.8. The average Bonchev–Trinajstić information content (AvgIpc) is 2.53. The topological polar surface area (TPSA) is 55.6 Å². The summed E-state index contributed by atoms with van der Waals surface area (Å²) >= 11 is 0. The Balaban J connectivity index is 4.91. The molecule has 0 aliphatic heterocycles. The Hall–Kier alpha value is -0.176. The van der Waals surface area contributed by atoms with Crippen molar-refractivity contribution in [3.63, 3.8) is 0 Å². The van der Waals surface area contributed by atoms with E-state index in [0.717, 1.165) is 12.8 Å². The monoisotopic (exact) mass is 402 g/mol. The molecule has 2 unspecified atom stereocenters. The number of amides is 1. The van der Waals surface area contributed by atoms with Gasteiger partial charge in [0.15, 0.2) is 0 Å². The first-order valence-electron chi connectivity index (χ1n) is 10.6. The molecular weight excluding hydrogens is 356 g/mol. The first-order valence-corrected chi connectivity index (χ1v) is 17.1. The molecule has 26 heavy (non-hydrogen) atoms. The van der Waals surface area contributed by atoms with Crippen LogP contribution in [-0.2, 0) is 9.53 Å². The highest BCUT2D eigenvalue weighted by Gasteiger charge is 2.44. The van der Waals surface area contributed by atoms with Crippen molar-refractivity contribution in [3.8, 4) is 0 Å². The van der Waals surface area contributed by atoms with E-state index in [1.165, 1.54) is 38.5 Å². The predicted molar refractivity (Wildman–Crippen MR) is 120 cm³/mol. The lowest BCUT2D eigenvalue weighted by atomic mass is 10.0. The predicted octanol–water partition coefficient (Wildman–Crippen LogP) is 5.36. The van der Waals surface area contributed by atoms with E-state index >= 15 is 0 Å². The summed E-state index contributed by atoms with van der Waals surface area (Å²) in [5.41, 5.74) is 5.83. The van der Waals surface area contributed by atoms with Gasteiger partial charge in [-0.25, -0.2) is 0 Å². The Kier molecular flexibility index (Phi) is 12.2. The molecule has 0 saturated carbocycles. The van der Waals surface area contributed by atoms with Crippen molar-refractivity contribution in [2.75, 3.05) is 13.7 Å².